The number of amides is 2. The van der Waals surface area contributed by atoms with E-state index in [0.717, 1.165) is 19.4 Å². The number of ether oxygens (including phenoxy) is 3. The first kappa shape index (κ1) is 21.4. The molecule has 0 atom stereocenters. The van der Waals surface area contributed by atoms with Gasteiger partial charge in [0.1, 0.15) is 11.5 Å². The molecule has 2 aromatic carbocycles. The van der Waals surface area contributed by atoms with Crippen molar-refractivity contribution < 1.29 is 23.8 Å². The number of hydrogen-bond donors (Lipinski definition) is 2. The summed E-state index contributed by atoms with van der Waals surface area (Å²) in [6, 6.07) is 13.8. The van der Waals surface area contributed by atoms with E-state index in [2.05, 4.69) is 16.7 Å². The van der Waals surface area contributed by atoms with Gasteiger partial charge in [-0.1, -0.05) is 17.7 Å². The highest BCUT2D eigenvalue weighted by atomic mass is 16.5. The summed E-state index contributed by atoms with van der Waals surface area (Å²) in [7, 11) is 1.57. The second kappa shape index (κ2) is 11.0. The highest BCUT2D eigenvalue weighted by Crippen LogP contribution is 2.17. The van der Waals surface area contributed by atoms with Crippen LogP contribution in [-0.2, 0) is 9.53 Å². The van der Waals surface area contributed by atoms with E-state index >= 15 is 0 Å². The van der Waals surface area contributed by atoms with Crippen molar-refractivity contribution in [2.24, 2.45) is 0 Å². The highest BCUT2D eigenvalue weighted by Gasteiger charge is 2.09. The summed E-state index contributed by atoms with van der Waals surface area (Å²) in [5.41, 5.74) is 2.49. The van der Waals surface area contributed by atoms with Crippen LogP contribution in [-0.4, -0.2) is 45.3 Å². The van der Waals surface area contributed by atoms with E-state index < -0.39 is 0 Å². The smallest absolute Gasteiger partial charge is 0.262 e. The third-order valence-corrected chi connectivity index (χ3v) is 4.63. The van der Waals surface area contributed by atoms with E-state index in [9.17, 15) is 9.59 Å². The molecule has 0 unspecified atom stereocenters. The van der Waals surface area contributed by atoms with Gasteiger partial charge in [0.05, 0.1) is 20.3 Å². The molecular weight excluding hydrogens is 384 g/mol. The number of anilines is 1. The molecular formula is C23H26N2O5. The predicted octanol–water partition coefficient (Wildman–Crippen LogP) is 3.18. The maximum atomic E-state index is 12.2. The third-order valence-electron chi connectivity index (χ3n) is 4.63. The number of hydrogen-bond acceptors (Lipinski definition) is 5. The number of methoxy groups -OCH3 is 1. The van der Waals surface area contributed by atoms with Crippen molar-refractivity contribution in [2.45, 2.75) is 12.8 Å². The summed E-state index contributed by atoms with van der Waals surface area (Å²) in [5, 5.41) is 5.66. The Balaban J connectivity index is 1.41. The van der Waals surface area contributed by atoms with Crippen LogP contribution < -0.4 is 20.1 Å². The molecule has 0 spiro atoms. The van der Waals surface area contributed by atoms with Gasteiger partial charge in [-0.2, -0.15) is 0 Å². The molecule has 7 nitrogen and oxygen atoms in total. The average Bonchev–Trinajstić information content (AvgIpc) is 2.79. The second-order valence-corrected chi connectivity index (χ2v) is 6.79. The minimum Gasteiger partial charge on any atom is -0.497 e. The molecule has 0 aliphatic carbocycles. The Morgan fingerprint density at radius 2 is 1.93 bits per heavy atom. The monoisotopic (exact) mass is 410 g/mol. The SMILES string of the molecule is COc1cccc(NC(=O)COc2ccc(C(=O)NCCC3=CCOCC3)cc2)c1. The highest BCUT2D eigenvalue weighted by molar-refractivity contribution is 5.94. The topological polar surface area (TPSA) is 85.9 Å². The fourth-order valence-electron chi connectivity index (χ4n) is 2.98. The first-order valence-electron chi connectivity index (χ1n) is 9.84. The number of carbonyl (C=O) groups excluding carboxylic acids is 2. The summed E-state index contributed by atoms with van der Waals surface area (Å²) in [5.74, 6) is 0.754. The van der Waals surface area contributed by atoms with Crippen LogP contribution in [0.3, 0.4) is 0 Å². The van der Waals surface area contributed by atoms with Crippen molar-refractivity contribution in [2.75, 3.05) is 38.8 Å². The maximum Gasteiger partial charge on any atom is 0.262 e. The van der Waals surface area contributed by atoms with Gasteiger partial charge >= 0.3 is 0 Å². The van der Waals surface area contributed by atoms with Gasteiger partial charge in [-0.15, -0.1) is 0 Å². The van der Waals surface area contributed by atoms with Crippen LogP contribution in [0.2, 0.25) is 0 Å². The fraction of sp³-hybridized carbons (Fsp3) is 0.304. The molecule has 0 aromatic heterocycles. The molecule has 7 heteroatoms. The first-order chi connectivity index (χ1) is 14.6. The molecule has 3 rings (SSSR count). The molecule has 2 aromatic rings. The molecule has 0 bridgehead atoms. The van der Waals surface area contributed by atoms with Crippen LogP contribution in [0, 0.1) is 0 Å². The van der Waals surface area contributed by atoms with Gasteiger partial charge in [-0.05, 0) is 49.2 Å². The Morgan fingerprint density at radius 3 is 2.67 bits per heavy atom. The predicted molar refractivity (Wildman–Crippen MR) is 114 cm³/mol. The van der Waals surface area contributed by atoms with E-state index in [-0.39, 0.29) is 18.4 Å². The van der Waals surface area contributed by atoms with Crippen LogP contribution in [0.4, 0.5) is 5.69 Å². The number of carbonyl (C=O) groups is 2. The van der Waals surface area contributed by atoms with Crippen LogP contribution in [0.5, 0.6) is 11.5 Å². The molecule has 0 saturated heterocycles. The molecule has 1 heterocycles. The van der Waals surface area contributed by atoms with E-state index in [0.29, 0.717) is 35.9 Å². The van der Waals surface area contributed by atoms with Crippen molar-refractivity contribution in [1.29, 1.82) is 0 Å². The number of benzene rings is 2. The molecule has 0 fully saturated rings. The molecule has 158 valence electrons. The molecule has 2 N–H and O–H groups in total. The summed E-state index contributed by atoms with van der Waals surface area (Å²) >= 11 is 0. The molecule has 2 amide bonds. The minimum absolute atomic E-state index is 0.134. The summed E-state index contributed by atoms with van der Waals surface area (Å²) in [6.45, 7) is 1.86. The van der Waals surface area contributed by atoms with Gasteiger partial charge in [0.15, 0.2) is 6.61 Å². The zero-order chi connectivity index (χ0) is 21.2. The number of nitrogens with one attached hydrogen (secondary N) is 2. The van der Waals surface area contributed by atoms with Crippen molar-refractivity contribution in [3.05, 3.63) is 65.7 Å². The standard InChI is InChI=1S/C23H26N2O5/c1-28-21-4-2-3-19(15-21)25-22(26)16-30-20-7-5-18(6-8-20)23(27)24-12-9-17-10-13-29-14-11-17/h2-8,10,15H,9,11-14,16H2,1H3,(H,24,27)(H,25,26). The lowest BCUT2D eigenvalue weighted by Gasteiger charge is -2.13. The Kier molecular flexibility index (Phi) is 7.86. The van der Waals surface area contributed by atoms with Crippen molar-refractivity contribution in [3.63, 3.8) is 0 Å². The van der Waals surface area contributed by atoms with Crippen molar-refractivity contribution in [3.8, 4) is 11.5 Å². The molecule has 0 saturated carbocycles. The lowest BCUT2D eigenvalue weighted by Crippen LogP contribution is -2.25. The lowest BCUT2D eigenvalue weighted by atomic mass is 10.1. The first-order valence-corrected chi connectivity index (χ1v) is 9.84. The molecule has 30 heavy (non-hydrogen) atoms. The van der Waals surface area contributed by atoms with Gasteiger partial charge in [0.2, 0.25) is 0 Å². The normalized spacial score (nSPS) is 13.2. The Morgan fingerprint density at radius 1 is 1.10 bits per heavy atom. The molecule has 1 aliphatic heterocycles. The molecule has 1 aliphatic rings. The Bertz CT molecular complexity index is 893. The van der Waals surface area contributed by atoms with Gasteiger partial charge < -0.3 is 24.8 Å². The zero-order valence-electron chi connectivity index (χ0n) is 17.0. The minimum atomic E-state index is -0.285. The Hall–Kier alpha value is -3.32. The maximum absolute atomic E-state index is 12.2. The van der Waals surface area contributed by atoms with Crippen LogP contribution >= 0.6 is 0 Å². The lowest BCUT2D eigenvalue weighted by molar-refractivity contribution is -0.118. The quantitative estimate of drug-likeness (QED) is 0.620. The van der Waals surface area contributed by atoms with Gasteiger partial charge in [-0.25, -0.2) is 0 Å². The van der Waals surface area contributed by atoms with Crippen molar-refractivity contribution in [1.82, 2.24) is 5.32 Å². The average molecular weight is 410 g/mol. The van der Waals surface area contributed by atoms with E-state index in [1.54, 1.807) is 55.6 Å². The van der Waals surface area contributed by atoms with E-state index in [1.807, 2.05) is 0 Å². The van der Waals surface area contributed by atoms with Crippen LogP contribution in [0.1, 0.15) is 23.2 Å². The molecule has 0 radical (unpaired) electrons. The summed E-state index contributed by atoms with van der Waals surface area (Å²) in [4.78, 5) is 24.3. The van der Waals surface area contributed by atoms with Gasteiger partial charge in [-0.3, -0.25) is 9.59 Å². The van der Waals surface area contributed by atoms with E-state index in [4.69, 9.17) is 14.2 Å². The fourth-order valence-corrected chi connectivity index (χ4v) is 2.98. The van der Waals surface area contributed by atoms with Gasteiger partial charge in [0.25, 0.3) is 11.8 Å². The van der Waals surface area contributed by atoms with Gasteiger partial charge in [0, 0.05) is 23.9 Å². The third kappa shape index (κ3) is 6.63. The van der Waals surface area contributed by atoms with Crippen LogP contribution in [0.15, 0.2) is 60.2 Å². The van der Waals surface area contributed by atoms with E-state index in [1.165, 1.54) is 5.57 Å². The second-order valence-electron chi connectivity index (χ2n) is 6.79. The Labute approximate surface area is 176 Å². The number of rotatable bonds is 9. The summed E-state index contributed by atoms with van der Waals surface area (Å²) < 4.78 is 15.9. The zero-order valence-corrected chi connectivity index (χ0v) is 17.0. The largest absolute Gasteiger partial charge is 0.497 e. The van der Waals surface area contributed by atoms with Crippen LogP contribution in [0.25, 0.3) is 0 Å². The summed E-state index contributed by atoms with van der Waals surface area (Å²) in [6.07, 6.45) is 3.83. The van der Waals surface area contributed by atoms with Crippen molar-refractivity contribution >= 4 is 17.5 Å².